The van der Waals surface area contributed by atoms with Crippen molar-refractivity contribution in [3.8, 4) is 0 Å². The average Bonchev–Trinajstić information content (AvgIpc) is 3.69. The van der Waals surface area contributed by atoms with E-state index in [2.05, 4.69) is 35.0 Å². The molecule has 2 saturated heterocycles. The van der Waals surface area contributed by atoms with Gasteiger partial charge in [0.05, 0.1) is 19.6 Å². The Bertz CT molecular complexity index is 830. The lowest BCUT2D eigenvalue weighted by Gasteiger charge is -2.44. The lowest BCUT2D eigenvalue weighted by Crippen LogP contribution is -2.47. The molecule has 0 unspecified atom stereocenters. The molecule has 0 aromatic carbocycles. The number of likely N-dealkylation sites (tertiary alicyclic amines) is 2. The molecular weight excluding hydrogens is 446 g/mol. The quantitative estimate of drug-likeness (QED) is 0.573. The number of rotatable bonds is 8. The molecule has 0 bridgehead atoms. The maximum atomic E-state index is 4.68. The molecule has 1 spiro atoms. The molecule has 7 heteroatoms. The third kappa shape index (κ3) is 5.99. The molecule has 200 valence electrons. The number of nitrogens with one attached hydrogen (secondary N) is 2. The molecule has 0 atom stereocenters. The Morgan fingerprint density at radius 2 is 1.75 bits per heavy atom. The molecule has 3 aliphatic heterocycles. The lowest BCUT2D eigenvalue weighted by atomic mass is 9.77. The van der Waals surface area contributed by atoms with Gasteiger partial charge in [-0.2, -0.15) is 0 Å². The zero-order chi connectivity index (χ0) is 24.2. The van der Waals surface area contributed by atoms with Crippen LogP contribution in [0.25, 0.3) is 0 Å². The third-order valence-corrected chi connectivity index (χ3v) is 10.3. The van der Waals surface area contributed by atoms with E-state index in [1.165, 1.54) is 116 Å². The van der Waals surface area contributed by atoms with Crippen LogP contribution in [-0.2, 0) is 6.54 Å². The first kappa shape index (κ1) is 24.9. The van der Waals surface area contributed by atoms with Crippen LogP contribution in [-0.4, -0.2) is 94.9 Å². The van der Waals surface area contributed by atoms with Gasteiger partial charge in [0.15, 0.2) is 0 Å². The number of piperidine rings is 1. The maximum absolute atomic E-state index is 4.68. The molecular formula is C29H49N7. The van der Waals surface area contributed by atoms with Crippen LogP contribution < -0.4 is 5.32 Å². The van der Waals surface area contributed by atoms with Crippen LogP contribution in [0.1, 0.15) is 82.9 Å². The fourth-order valence-corrected chi connectivity index (χ4v) is 8.10. The highest BCUT2D eigenvalue weighted by Gasteiger charge is 2.42. The van der Waals surface area contributed by atoms with Gasteiger partial charge in [0.25, 0.3) is 0 Å². The van der Waals surface area contributed by atoms with Crippen molar-refractivity contribution in [2.45, 2.75) is 95.7 Å². The molecule has 1 aromatic rings. The van der Waals surface area contributed by atoms with Crippen molar-refractivity contribution in [1.29, 1.82) is 0 Å². The summed E-state index contributed by atoms with van der Waals surface area (Å²) in [5, 5.41) is 3.48. The van der Waals surface area contributed by atoms with Crippen LogP contribution in [0, 0.1) is 11.3 Å². The topological polar surface area (TPSA) is 62.8 Å². The van der Waals surface area contributed by atoms with Crippen molar-refractivity contribution in [2.75, 3.05) is 52.4 Å². The minimum atomic E-state index is 0.636. The Morgan fingerprint density at radius 3 is 2.47 bits per heavy atom. The molecule has 36 heavy (non-hydrogen) atoms. The Balaban J connectivity index is 0.962. The van der Waals surface area contributed by atoms with Crippen LogP contribution in [0.3, 0.4) is 0 Å². The van der Waals surface area contributed by atoms with Gasteiger partial charge in [0.2, 0.25) is 0 Å². The molecule has 2 aliphatic carbocycles. The number of imidazole rings is 1. The Morgan fingerprint density at radius 1 is 0.944 bits per heavy atom. The number of hydrogen-bond acceptors (Lipinski definition) is 6. The summed E-state index contributed by atoms with van der Waals surface area (Å²) in [5.41, 5.74) is 0.636. The minimum absolute atomic E-state index is 0.636. The smallest absolute Gasteiger partial charge is 0.120 e. The summed E-state index contributed by atoms with van der Waals surface area (Å²) in [4.78, 5) is 20.9. The molecule has 6 rings (SSSR count). The molecule has 2 saturated carbocycles. The number of aliphatic imine (C=N–C) groups is 1. The van der Waals surface area contributed by atoms with Crippen LogP contribution in [0.2, 0.25) is 0 Å². The Labute approximate surface area is 218 Å². The highest BCUT2D eigenvalue weighted by molar-refractivity contribution is 5.85. The second-order valence-electron chi connectivity index (χ2n) is 12.7. The van der Waals surface area contributed by atoms with Crippen LogP contribution in [0.5, 0.6) is 0 Å². The van der Waals surface area contributed by atoms with E-state index in [0.717, 1.165) is 44.0 Å². The number of aromatic amines is 1. The highest BCUT2D eigenvalue weighted by Crippen LogP contribution is 2.42. The Kier molecular flexibility index (Phi) is 7.96. The summed E-state index contributed by atoms with van der Waals surface area (Å²) < 4.78 is 0. The zero-order valence-electron chi connectivity index (χ0n) is 22.5. The van der Waals surface area contributed by atoms with Gasteiger partial charge in [0.1, 0.15) is 11.7 Å². The largest absolute Gasteiger partial charge is 0.371 e. The predicted molar refractivity (Wildman–Crippen MR) is 146 cm³/mol. The second-order valence-corrected chi connectivity index (χ2v) is 12.7. The van der Waals surface area contributed by atoms with Gasteiger partial charge < -0.3 is 20.1 Å². The molecule has 0 amide bonds. The van der Waals surface area contributed by atoms with E-state index in [0.29, 0.717) is 11.5 Å². The van der Waals surface area contributed by atoms with Gasteiger partial charge in [-0.3, -0.25) is 9.89 Å². The standard InChI is InChI=1S/C29H49N7/c1-2-4-25(5-3-1)35-18-11-29(12-19-35)10-17-34(23-29)20-24-6-8-26(9-7-24)36(21-27-30-13-14-31-27)22-28-32-15-16-33-28/h13-14,24-26H,1-12,15-23H2,(H,30,31)(H,32,33)/t24-,26-. The monoisotopic (exact) mass is 495 g/mol. The predicted octanol–water partition coefficient (Wildman–Crippen LogP) is 3.89. The van der Waals surface area contributed by atoms with Crippen LogP contribution in [0.4, 0.5) is 0 Å². The molecule has 4 heterocycles. The van der Waals surface area contributed by atoms with Gasteiger partial charge in [-0.05, 0) is 88.8 Å². The van der Waals surface area contributed by atoms with E-state index in [4.69, 9.17) is 0 Å². The van der Waals surface area contributed by atoms with Crippen molar-refractivity contribution in [1.82, 2.24) is 30.0 Å². The van der Waals surface area contributed by atoms with Crippen molar-refractivity contribution in [3.63, 3.8) is 0 Å². The van der Waals surface area contributed by atoms with E-state index >= 15 is 0 Å². The van der Waals surface area contributed by atoms with Crippen molar-refractivity contribution >= 4 is 5.84 Å². The van der Waals surface area contributed by atoms with Crippen LogP contribution >= 0.6 is 0 Å². The van der Waals surface area contributed by atoms with Gasteiger partial charge in [-0.1, -0.05) is 19.3 Å². The summed E-state index contributed by atoms with van der Waals surface area (Å²) in [6, 6.07) is 1.55. The molecule has 7 nitrogen and oxygen atoms in total. The minimum Gasteiger partial charge on any atom is -0.371 e. The lowest BCUT2D eigenvalue weighted by molar-refractivity contribution is 0.0594. The average molecular weight is 496 g/mol. The number of nitrogens with zero attached hydrogens (tertiary/aromatic N) is 5. The first-order valence-corrected chi connectivity index (χ1v) is 15.2. The molecule has 2 N–H and O–H groups in total. The summed E-state index contributed by atoms with van der Waals surface area (Å²) in [7, 11) is 0. The van der Waals surface area contributed by atoms with Gasteiger partial charge in [-0.25, -0.2) is 4.98 Å². The highest BCUT2D eigenvalue weighted by atomic mass is 15.2. The molecule has 1 aromatic heterocycles. The van der Waals surface area contributed by atoms with Crippen molar-refractivity contribution < 1.29 is 0 Å². The van der Waals surface area contributed by atoms with E-state index in [1.54, 1.807) is 0 Å². The number of hydrogen-bond donors (Lipinski definition) is 2. The number of H-pyrrole nitrogens is 1. The molecule has 4 fully saturated rings. The van der Waals surface area contributed by atoms with E-state index in [1.807, 2.05) is 12.4 Å². The van der Waals surface area contributed by atoms with Gasteiger partial charge in [-0.15, -0.1) is 0 Å². The number of amidine groups is 1. The molecule has 0 radical (unpaired) electrons. The summed E-state index contributed by atoms with van der Waals surface area (Å²) >= 11 is 0. The SMILES string of the molecule is c1c[nH]c(CN(CC2=NCCN2)[C@H]2CC[C@H](CN3CCC4(CCN(C5CCCCC5)CC4)C3)CC2)n1. The second kappa shape index (κ2) is 11.5. The van der Waals surface area contributed by atoms with Gasteiger partial charge in [0, 0.05) is 44.1 Å². The van der Waals surface area contributed by atoms with Gasteiger partial charge >= 0.3 is 0 Å². The fraction of sp³-hybridized carbons (Fsp3) is 0.862. The van der Waals surface area contributed by atoms with Crippen molar-refractivity contribution in [2.24, 2.45) is 16.3 Å². The summed E-state index contributed by atoms with van der Waals surface area (Å²) in [6.07, 6.45) is 20.9. The normalized spacial score (nSPS) is 30.2. The molecule has 5 aliphatic rings. The zero-order valence-corrected chi connectivity index (χ0v) is 22.5. The van der Waals surface area contributed by atoms with Crippen LogP contribution in [0.15, 0.2) is 17.4 Å². The van der Waals surface area contributed by atoms with E-state index < -0.39 is 0 Å². The summed E-state index contributed by atoms with van der Waals surface area (Å²) in [5.74, 6) is 3.12. The maximum Gasteiger partial charge on any atom is 0.120 e. The van der Waals surface area contributed by atoms with E-state index in [-0.39, 0.29) is 0 Å². The van der Waals surface area contributed by atoms with E-state index in [9.17, 15) is 0 Å². The first-order valence-electron chi connectivity index (χ1n) is 15.2. The Hall–Kier alpha value is -1.44. The number of aromatic nitrogens is 2. The summed E-state index contributed by atoms with van der Waals surface area (Å²) in [6.45, 7) is 10.6. The third-order valence-electron chi connectivity index (χ3n) is 10.3. The van der Waals surface area contributed by atoms with Crippen molar-refractivity contribution in [3.05, 3.63) is 18.2 Å². The first-order chi connectivity index (χ1) is 17.7. The fourth-order valence-electron chi connectivity index (χ4n) is 8.10.